The van der Waals surface area contributed by atoms with E-state index in [0.717, 1.165) is 32.2 Å². The number of nitrogens with one attached hydrogen (secondary N) is 2. The molecule has 1 heterocycles. The van der Waals surface area contributed by atoms with Gasteiger partial charge < -0.3 is 10.2 Å². The molecule has 7 nitrogen and oxygen atoms in total. The van der Waals surface area contributed by atoms with Gasteiger partial charge in [0, 0.05) is 29.9 Å². The fourth-order valence-corrected chi connectivity index (χ4v) is 3.98. The quantitative estimate of drug-likeness (QED) is 0.784. The van der Waals surface area contributed by atoms with E-state index >= 15 is 0 Å². The predicted molar refractivity (Wildman–Crippen MR) is 114 cm³/mol. The van der Waals surface area contributed by atoms with E-state index in [2.05, 4.69) is 10.0 Å². The zero-order chi connectivity index (χ0) is 21.2. The van der Waals surface area contributed by atoms with Crippen molar-refractivity contribution >= 4 is 33.2 Å². The Morgan fingerprint density at radius 1 is 1.00 bits per heavy atom. The van der Waals surface area contributed by atoms with Gasteiger partial charge in [0.1, 0.15) is 0 Å². The molecule has 1 aliphatic heterocycles. The second kappa shape index (κ2) is 8.24. The number of rotatable bonds is 5. The lowest BCUT2D eigenvalue weighted by Gasteiger charge is -2.18. The summed E-state index contributed by atoms with van der Waals surface area (Å²) in [6.07, 6.45) is 3.09. The molecular formula is C21H25N3O4S. The van der Waals surface area contributed by atoms with Crippen LogP contribution in [-0.2, 0) is 10.0 Å². The highest BCUT2D eigenvalue weighted by Crippen LogP contribution is 2.24. The van der Waals surface area contributed by atoms with Crippen molar-refractivity contribution in [3.63, 3.8) is 0 Å². The van der Waals surface area contributed by atoms with Crippen LogP contribution < -0.4 is 10.0 Å². The number of hydrogen-bond donors (Lipinski definition) is 2. The Labute approximate surface area is 171 Å². The van der Waals surface area contributed by atoms with Crippen molar-refractivity contribution in [3.05, 3.63) is 58.7 Å². The molecule has 1 saturated heterocycles. The molecule has 8 heteroatoms. The summed E-state index contributed by atoms with van der Waals surface area (Å²) in [6.45, 7) is 5.08. The Balaban J connectivity index is 1.83. The van der Waals surface area contributed by atoms with Crippen molar-refractivity contribution < 1.29 is 18.0 Å². The summed E-state index contributed by atoms with van der Waals surface area (Å²) in [4.78, 5) is 27.3. The summed E-state index contributed by atoms with van der Waals surface area (Å²) in [7, 11) is -3.45. The molecule has 1 aliphatic rings. The third-order valence-corrected chi connectivity index (χ3v) is 5.59. The van der Waals surface area contributed by atoms with Crippen molar-refractivity contribution in [2.75, 3.05) is 29.4 Å². The molecule has 0 saturated carbocycles. The third-order valence-electron chi connectivity index (χ3n) is 5.00. The van der Waals surface area contributed by atoms with Crippen LogP contribution >= 0.6 is 0 Å². The average molecular weight is 416 g/mol. The summed E-state index contributed by atoms with van der Waals surface area (Å²) in [5.74, 6) is -0.401. The molecule has 2 amide bonds. The number of aryl methyl sites for hydroxylation is 1. The molecule has 2 N–H and O–H groups in total. The van der Waals surface area contributed by atoms with Crippen molar-refractivity contribution in [2.45, 2.75) is 26.7 Å². The SMILES string of the molecule is Cc1ccc(C(=O)Nc2cccc(C(=O)N3CCCC3)c2C)cc1NS(C)(=O)=O. The van der Waals surface area contributed by atoms with Gasteiger partial charge in [-0.1, -0.05) is 12.1 Å². The molecule has 2 aromatic carbocycles. The molecule has 0 aromatic heterocycles. The van der Waals surface area contributed by atoms with Crippen LogP contribution in [0.25, 0.3) is 0 Å². The van der Waals surface area contributed by atoms with Crippen LogP contribution in [0.2, 0.25) is 0 Å². The number of carbonyl (C=O) groups is 2. The van der Waals surface area contributed by atoms with E-state index in [1.54, 1.807) is 37.3 Å². The fourth-order valence-electron chi connectivity index (χ4n) is 3.36. The molecule has 0 unspecified atom stereocenters. The lowest BCUT2D eigenvalue weighted by molar-refractivity contribution is 0.0791. The van der Waals surface area contributed by atoms with E-state index in [0.29, 0.717) is 33.6 Å². The topological polar surface area (TPSA) is 95.6 Å². The molecule has 1 fully saturated rings. The van der Waals surface area contributed by atoms with Crippen LogP contribution in [0, 0.1) is 13.8 Å². The lowest BCUT2D eigenvalue weighted by atomic mass is 10.0. The summed E-state index contributed by atoms with van der Waals surface area (Å²) >= 11 is 0. The Kier molecular flexibility index (Phi) is 5.93. The summed E-state index contributed by atoms with van der Waals surface area (Å²) in [5.41, 5.74) is 3.22. The largest absolute Gasteiger partial charge is 0.339 e. The minimum atomic E-state index is -3.45. The number of anilines is 2. The van der Waals surface area contributed by atoms with Gasteiger partial charge in [0.05, 0.1) is 11.9 Å². The Hall–Kier alpha value is -2.87. The van der Waals surface area contributed by atoms with E-state index in [1.165, 1.54) is 6.07 Å². The van der Waals surface area contributed by atoms with E-state index in [1.807, 2.05) is 11.8 Å². The van der Waals surface area contributed by atoms with Crippen molar-refractivity contribution in [1.82, 2.24) is 4.90 Å². The number of amides is 2. The molecule has 0 bridgehead atoms. The fraction of sp³-hybridized carbons (Fsp3) is 0.333. The van der Waals surface area contributed by atoms with E-state index in [9.17, 15) is 18.0 Å². The molecule has 0 spiro atoms. The minimum Gasteiger partial charge on any atom is -0.339 e. The lowest BCUT2D eigenvalue weighted by Crippen LogP contribution is -2.28. The molecule has 154 valence electrons. The second-order valence-corrected chi connectivity index (χ2v) is 9.08. The number of nitrogens with zero attached hydrogens (tertiary/aromatic N) is 1. The van der Waals surface area contributed by atoms with Gasteiger partial charge in [-0.05, 0) is 62.1 Å². The monoisotopic (exact) mass is 415 g/mol. The summed E-state index contributed by atoms with van der Waals surface area (Å²) in [5, 5.41) is 2.83. The van der Waals surface area contributed by atoms with Crippen LogP contribution in [0.1, 0.15) is 44.7 Å². The smallest absolute Gasteiger partial charge is 0.255 e. The van der Waals surface area contributed by atoms with Crippen molar-refractivity contribution in [1.29, 1.82) is 0 Å². The molecular weight excluding hydrogens is 390 g/mol. The Bertz CT molecular complexity index is 1060. The van der Waals surface area contributed by atoms with E-state index < -0.39 is 10.0 Å². The van der Waals surface area contributed by atoms with Gasteiger partial charge in [0.15, 0.2) is 0 Å². The highest BCUT2D eigenvalue weighted by Gasteiger charge is 2.22. The van der Waals surface area contributed by atoms with Crippen molar-refractivity contribution in [3.8, 4) is 0 Å². The van der Waals surface area contributed by atoms with Gasteiger partial charge in [-0.2, -0.15) is 0 Å². The highest BCUT2D eigenvalue weighted by atomic mass is 32.2. The Morgan fingerprint density at radius 3 is 2.34 bits per heavy atom. The maximum Gasteiger partial charge on any atom is 0.255 e. The van der Waals surface area contributed by atoms with E-state index in [4.69, 9.17) is 0 Å². The predicted octanol–water partition coefficient (Wildman–Crippen LogP) is 3.16. The number of benzene rings is 2. The molecule has 29 heavy (non-hydrogen) atoms. The van der Waals surface area contributed by atoms with Gasteiger partial charge in [-0.25, -0.2) is 8.42 Å². The first-order chi connectivity index (χ1) is 13.7. The average Bonchev–Trinajstić information content (AvgIpc) is 3.18. The Morgan fingerprint density at radius 2 is 1.69 bits per heavy atom. The minimum absolute atomic E-state index is 0.0222. The zero-order valence-electron chi connectivity index (χ0n) is 16.8. The standard InChI is InChI=1S/C21H25N3O4S/c1-14-9-10-16(13-19(14)23-29(3,27)28)20(25)22-18-8-6-7-17(15(18)2)21(26)24-11-4-5-12-24/h6-10,13,23H,4-5,11-12H2,1-3H3,(H,22,25). The maximum absolute atomic E-state index is 12.7. The van der Waals surface area contributed by atoms with Crippen LogP contribution in [0.5, 0.6) is 0 Å². The van der Waals surface area contributed by atoms with Crippen LogP contribution in [0.4, 0.5) is 11.4 Å². The van der Waals surface area contributed by atoms with Gasteiger partial charge in [-0.3, -0.25) is 14.3 Å². The second-order valence-electron chi connectivity index (χ2n) is 7.34. The first kappa shape index (κ1) is 20.9. The molecule has 0 radical (unpaired) electrons. The number of hydrogen-bond acceptors (Lipinski definition) is 4. The number of likely N-dealkylation sites (tertiary alicyclic amines) is 1. The van der Waals surface area contributed by atoms with Crippen LogP contribution in [0.15, 0.2) is 36.4 Å². The van der Waals surface area contributed by atoms with E-state index in [-0.39, 0.29) is 11.8 Å². The van der Waals surface area contributed by atoms with Gasteiger partial charge in [0.2, 0.25) is 10.0 Å². The zero-order valence-corrected chi connectivity index (χ0v) is 17.6. The van der Waals surface area contributed by atoms with Gasteiger partial charge >= 0.3 is 0 Å². The van der Waals surface area contributed by atoms with Crippen LogP contribution in [0.3, 0.4) is 0 Å². The van der Waals surface area contributed by atoms with Gasteiger partial charge in [0.25, 0.3) is 11.8 Å². The molecule has 0 aliphatic carbocycles. The first-order valence-electron chi connectivity index (χ1n) is 9.44. The molecule has 0 atom stereocenters. The van der Waals surface area contributed by atoms with Gasteiger partial charge in [-0.15, -0.1) is 0 Å². The summed E-state index contributed by atoms with van der Waals surface area (Å²) in [6, 6.07) is 10.1. The number of carbonyl (C=O) groups excluding carboxylic acids is 2. The summed E-state index contributed by atoms with van der Waals surface area (Å²) < 4.78 is 25.5. The van der Waals surface area contributed by atoms with Crippen molar-refractivity contribution in [2.24, 2.45) is 0 Å². The maximum atomic E-state index is 12.7. The number of sulfonamides is 1. The third kappa shape index (κ3) is 4.95. The molecule has 2 aromatic rings. The normalized spacial score (nSPS) is 14.0. The first-order valence-corrected chi connectivity index (χ1v) is 11.3. The molecule has 3 rings (SSSR count). The van der Waals surface area contributed by atoms with Crippen LogP contribution in [-0.4, -0.2) is 44.5 Å². The highest BCUT2D eigenvalue weighted by molar-refractivity contribution is 7.92.